The van der Waals surface area contributed by atoms with Gasteiger partial charge in [-0.1, -0.05) is 6.07 Å². The summed E-state index contributed by atoms with van der Waals surface area (Å²) < 4.78 is 12.7. The zero-order valence-electron chi connectivity index (χ0n) is 7.26. The molecule has 1 aromatic rings. The number of hydrogen-bond donors (Lipinski definition) is 0. The third-order valence-electron chi connectivity index (χ3n) is 2.40. The van der Waals surface area contributed by atoms with Gasteiger partial charge in [0, 0.05) is 0 Å². The van der Waals surface area contributed by atoms with Gasteiger partial charge in [0.15, 0.2) is 0 Å². The van der Waals surface area contributed by atoms with Gasteiger partial charge in [-0.25, -0.2) is 4.39 Å². The summed E-state index contributed by atoms with van der Waals surface area (Å²) in [5.41, 5.74) is 1.48. The lowest BCUT2D eigenvalue weighted by Crippen LogP contribution is -1.92. The largest absolute Gasteiger partial charge is 0.207 e. The van der Waals surface area contributed by atoms with Gasteiger partial charge in [0.05, 0.1) is 11.6 Å². The van der Waals surface area contributed by atoms with Crippen LogP contribution in [0.3, 0.4) is 0 Å². The minimum absolute atomic E-state index is 0.323. The molecule has 1 saturated carbocycles. The quantitative estimate of drug-likeness (QED) is 0.677. The standard InChI is InChI=1S/C11H10FN/c12-11-4-3-9(5-8-1-2-8)10(6-11)7-13/h3-4,6,8H,1-2,5H2. The maximum absolute atomic E-state index is 12.7. The van der Waals surface area contributed by atoms with E-state index in [-0.39, 0.29) is 5.82 Å². The van der Waals surface area contributed by atoms with Crippen LogP contribution in [0.15, 0.2) is 18.2 Å². The van der Waals surface area contributed by atoms with Gasteiger partial charge in [-0.2, -0.15) is 5.26 Å². The average Bonchev–Trinajstić information content (AvgIpc) is 2.92. The van der Waals surface area contributed by atoms with Gasteiger partial charge >= 0.3 is 0 Å². The molecule has 1 aromatic carbocycles. The second kappa shape index (κ2) is 3.18. The molecule has 66 valence electrons. The maximum Gasteiger partial charge on any atom is 0.124 e. The Morgan fingerprint density at radius 1 is 1.46 bits per heavy atom. The number of halogens is 1. The Hall–Kier alpha value is -1.36. The van der Waals surface area contributed by atoms with Crippen LogP contribution >= 0.6 is 0 Å². The molecule has 0 aromatic heterocycles. The molecular weight excluding hydrogens is 165 g/mol. The first-order valence-electron chi connectivity index (χ1n) is 4.48. The zero-order chi connectivity index (χ0) is 9.26. The Morgan fingerprint density at radius 3 is 2.85 bits per heavy atom. The Labute approximate surface area is 76.8 Å². The van der Waals surface area contributed by atoms with E-state index in [9.17, 15) is 4.39 Å². The normalized spacial score (nSPS) is 15.4. The number of nitriles is 1. The molecule has 1 aliphatic rings. The molecule has 1 aliphatic carbocycles. The SMILES string of the molecule is N#Cc1cc(F)ccc1CC1CC1. The lowest BCUT2D eigenvalue weighted by atomic mass is 10.0. The second-order valence-corrected chi connectivity index (χ2v) is 3.56. The summed E-state index contributed by atoms with van der Waals surface area (Å²) >= 11 is 0. The summed E-state index contributed by atoms with van der Waals surface area (Å²) in [4.78, 5) is 0. The third-order valence-corrected chi connectivity index (χ3v) is 2.40. The fraction of sp³-hybridized carbons (Fsp3) is 0.364. The van der Waals surface area contributed by atoms with E-state index < -0.39 is 0 Å². The summed E-state index contributed by atoms with van der Waals surface area (Å²) in [7, 11) is 0. The Morgan fingerprint density at radius 2 is 2.23 bits per heavy atom. The predicted octanol–water partition coefficient (Wildman–Crippen LogP) is 2.65. The van der Waals surface area contributed by atoms with Crippen LogP contribution in [0.25, 0.3) is 0 Å². The van der Waals surface area contributed by atoms with Gasteiger partial charge < -0.3 is 0 Å². The van der Waals surface area contributed by atoms with Crippen molar-refractivity contribution in [1.29, 1.82) is 5.26 Å². The van der Waals surface area contributed by atoms with E-state index in [2.05, 4.69) is 0 Å². The highest BCUT2D eigenvalue weighted by molar-refractivity contribution is 5.38. The van der Waals surface area contributed by atoms with Crippen molar-refractivity contribution in [2.75, 3.05) is 0 Å². The smallest absolute Gasteiger partial charge is 0.124 e. The molecule has 2 rings (SSSR count). The van der Waals surface area contributed by atoms with Crippen molar-refractivity contribution in [3.05, 3.63) is 35.1 Å². The van der Waals surface area contributed by atoms with Crippen molar-refractivity contribution in [2.45, 2.75) is 19.3 Å². The summed E-state index contributed by atoms with van der Waals surface area (Å²) in [6.07, 6.45) is 3.44. The lowest BCUT2D eigenvalue weighted by molar-refractivity contribution is 0.626. The van der Waals surface area contributed by atoms with E-state index in [1.165, 1.54) is 25.0 Å². The van der Waals surface area contributed by atoms with Crippen LogP contribution in [0.2, 0.25) is 0 Å². The highest BCUT2D eigenvalue weighted by atomic mass is 19.1. The van der Waals surface area contributed by atoms with Crippen molar-refractivity contribution < 1.29 is 4.39 Å². The van der Waals surface area contributed by atoms with Crippen LogP contribution in [-0.2, 0) is 6.42 Å². The Kier molecular flexibility index (Phi) is 2.02. The van der Waals surface area contributed by atoms with Gasteiger partial charge in [-0.15, -0.1) is 0 Å². The first-order valence-corrected chi connectivity index (χ1v) is 4.48. The number of rotatable bonds is 2. The molecule has 1 nitrogen and oxygen atoms in total. The number of hydrogen-bond acceptors (Lipinski definition) is 1. The Bertz CT molecular complexity index is 361. The number of benzene rings is 1. The molecule has 13 heavy (non-hydrogen) atoms. The summed E-state index contributed by atoms with van der Waals surface area (Å²) in [6, 6.07) is 6.50. The molecule has 1 fully saturated rings. The topological polar surface area (TPSA) is 23.8 Å². The highest BCUT2D eigenvalue weighted by Crippen LogP contribution is 2.33. The van der Waals surface area contributed by atoms with E-state index in [0.29, 0.717) is 5.56 Å². The van der Waals surface area contributed by atoms with Gasteiger partial charge in [0.25, 0.3) is 0 Å². The molecule has 0 amide bonds. The molecule has 0 saturated heterocycles. The van der Waals surface area contributed by atoms with E-state index in [0.717, 1.165) is 17.9 Å². The minimum atomic E-state index is -0.323. The molecule has 0 aliphatic heterocycles. The fourth-order valence-corrected chi connectivity index (χ4v) is 1.46. The van der Waals surface area contributed by atoms with Crippen LogP contribution in [-0.4, -0.2) is 0 Å². The summed E-state index contributed by atoms with van der Waals surface area (Å²) in [5, 5.41) is 8.76. The van der Waals surface area contributed by atoms with Crippen molar-refractivity contribution in [2.24, 2.45) is 5.92 Å². The van der Waals surface area contributed by atoms with Gasteiger partial charge in [-0.3, -0.25) is 0 Å². The predicted molar refractivity (Wildman–Crippen MR) is 47.5 cm³/mol. The van der Waals surface area contributed by atoms with Gasteiger partial charge in [-0.05, 0) is 42.9 Å². The third kappa shape index (κ3) is 1.86. The highest BCUT2D eigenvalue weighted by Gasteiger charge is 2.22. The molecular formula is C11H10FN. The number of nitrogens with zero attached hydrogens (tertiary/aromatic N) is 1. The summed E-state index contributed by atoms with van der Waals surface area (Å²) in [5.74, 6) is 0.411. The molecule has 0 atom stereocenters. The van der Waals surface area contributed by atoms with E-state index in [1.54, 1.807) is 6.07 Å². The van der Waals surface area contributed by atoms with Crippen molar-refractivity contribution in [3.63, 3.8) is 0 Å². The van der Waals surface area contributed by atoms with Crippen molar-refractivity contribution in [1.82, 2.24) is 0 Å². The average molecular weight is 175 g/mol. The van der Waals surface area contributed by atoms with Crippen LogP contribution < -0.4 is 0 Å². The van der Waals surface area contributed by atoms with Gasteiger partial charge in [0.1, 0.15) is 5.82 Å². The summed E-state index contributed by atoms with van der Waals surface area (Å²) in [6.45, 7) is 0. The first-order chi connectivity index (χ1) is 6.29. The second-order valence-electron chi connectivity index (χ2n) is 3.56. The maximum atomic E-state index is 12.7. The van der Waals surface area contributed by atoms with E-state index >= 15 is 0 Å². The van der Waals surface area contributed by atoms with Crippen LogP contribution in [0.5, 0.6) is 0 Å². The van der Waals surface area contributed by atoms with Crippen molar-refractivity contribution >= 4 is 0 Å². The molecule has 0 heterocycles. The lowest BCUT2D eigenvalue weighted by Gasteiger charge is -2.01. The van der Waals surface area contributed by atoms with Crippen LogP contribution in [0, 0.1) is 23.1 Å². The molecule has 0 radical (unpaired) electrons. The molecule has 2 heteroatoms. The van der Waals surface area contributed by atoms with Crippen molar-refractivity contribution in [3.8, 4) is 6.07 Å². The van der Waals surface area contributed by atoms with Crippen LogP contribution in [0.4, 0.5) is 4.39 Å². The Balaban J connectivity index is 2.27. The fourth-order valence-electron chi connectivity index (χ4n) is 1.46. The molecule has 0 unspecified atom stereocenters. The monoisotopic (exact) mass is 175 g/mol. The first kappa shape index (κ1) is 8.25. The minimum Gasteiger partial charge on any atom is -0.207 e. The molecule has 0 N–H and O–H groups in total. The molecule has 0 bridgehead atoms. The molecule has 0 spiro atoms. The van der Waals surface area contributed by atoms with E-state index in [4.69, 9.17) is 5.26 Å². The van der Waals surface area contributed by atoms with E-state index in [1.807, 2.05) is 6.07 Å². The zero-order valence-corrected chi connectivity index (χ0v) is 7.26. The van der Waals surface area contributed by atoms with Crippen LogP contribution in [0.1, 0.15) is 24.0 Å². The van der Waals surface area contributed by atoms with Gasteiger partial charge in [0.2, 0.25) is 0 Å².